The van der Waals surface area contributed by atoms with Crippen molar-refractivity contribution in [1.29, 1.82) is 0 Å². The zero-order valence-corrected chi connectivity index (χ0v) is 13.0. The Morgan fingerprint density at radius 1 is 1.14 bits per heavy atom. The van der Waals surface area contributed by atoms with Gasteiger partial charge in [0.15, 0.2) is 0 Å². The van der Waals surface area contributed by atoms with E-state index in [1.807, 2.05) is 42.5 Å². The monoisotopic (exact) mass is 314 g/mol. The first-order chi connectivity index (χ1) is 10.4. The Morgan fingerprint density at radius 2 is 1.77 bits per heavy atom. The number of halogens is 1. The number of hydrogen-bond donors (Lipinski definition) is 1. The second-order valence-corrected chi connectivity index (χ2v) is 6.01. The van der Waals surface area contributed by atoms with Crippen molar-refractivity contribution >= 4 is 28.6 Å². The molecule has 0 unspecified atom stereocenters. The van der Waals surface area contributed by atoms with Crippen LogP contribution in [0, 0.1) is 0 Å². The van der Waals surface area contributed by atoms with Gasteiger partial charge in [0.2, 0.25) is 0 Å². The fourth-order valence-electron chi connectivity index (χ4n) is 2.51. The Hall–Kier alpha value is -2.33. The van der Waals surface area contributed by atoms with Crippen LogP contribution in [-0.2, 0) is 10.3 Å². The van der Waals surface area contributed by atoms with Crippen molar-refractivity contribution in [2.45, 2.75) is 19.4 Å². The number of hydrogen-bond acceptors (Lipinski definition) is 2. The van der Waals surface area contributed by atoms with Gasteiger partial charge in [-0.25, -0.2) is 9.78 Å². The van der Waals surface area contributed by atoms with E-state index in [0.717, 1.165) is 16.6 Å². The molecule has 112 valence electrons. The van der Waals surface area contributed by atoms with E-state index >= 15 is 0 Å². The van der Waals surface area contributed by atoms with Crippen LogP contribution in [-0.4, -0.2) is 20.6 Å². The fraction of sp³-hybridized carbons (Fsp3) is 0.176. The Labute approximate surface area is 133 Å². The van der Waals surface area contributed by atoms with Crippen molar-refractivity contribution in [2.75, 3.05) is 0 Å². The third-order valence-electron chi connectivity index (χ3n) is 3.76. The number of aromatic nitrogens is 2. The summed E-state index contributed by atoms with van der Waals surface area (Å²) in [6, 6.07) is 14.8. The standard InChI is InChI=1S/C17H15ClN2O2/c1-17(2,16(21)22)20-14-10-6-5-9-13(14)19-15(20)11-7-3-4-8-12(11)18/h3-10H,1-2H3,(H,21,22). The zero-order chi connectivity index (χ0) is 15.9. The van der Waals surface area contributed by atoms with Crippen LogP contribution in [0.5, 0.6) is 0 Å². The lowest BCUT2D eigenvalue weighted by atomic mass is 10.0. The summed E-state index contributed by atoms with van der Waals surface area (Å²) in [5, 5.41) is 10.2. The summed E-state index contributed by atoms with van der Waals surface area (Å²) in [7, 11) is 0. The van der Waals surface area contributed by atoms with Gasteiger partial charge in [0, 0.05) is 5.56 Å². The molecule has 0 spiro atoms. The van der Waals surface area contributed by atoms with Crippen LogP contribution in [0.4, 0.5) is 0 Å². The Bertz CT molecular complexity index is 868. The summed E-state index contributed by atoms with van der Waals surface area (Å²) < 4.78 is 1.73. The molecule has 0 saturated heterocycles. The second-order valence-electron chi connectivity index (χ2n) is 5.60. The maximum absolute atomic E-state index is 11.8. The highest BCUT2D eigenvalue weighted by Gasteiger charge is 2.34. The van der Waals surface area contributed by atoms with E-state index in [4.69, 9.17) is 11.6 Å². The Kier molecular flexibility index (Phi) is 3.41. The number of aliphatic carboxylic acids is 1. The number of nitrogens with zero attached hydrogens (tertiary/aromatic N) is 2. The van der Waals surface area contributed by atoms with Gasteiger partial charge in [0.05, 0.1) is 16.1 Å². The molecule has 1 N–H and O–H groups in total. The predicted octanol–water partition coefficient (Wildman–Crippen LogP) is 4.18. The van der Waals surface area contributed by atoms with Crippen LogP contribution in [0.25, 0.3) is 22.4 Å². The smallest absolute Gasteiger partial charge is 0.329 e. The second kappa shape index (κ2) is 5.14. The molecular weight excluding hydrogens is 300 g/mol. The fourth-order valence-corrected chi connectivity index (χ4v) is 2.73. The van der Waals surface area contributed by atoms with Crippen LogP contribution < -0.4 is 0 Å². The molecule has 0 saturated carbocycles. The van der Waals surface area contributed by atoms with Gasteiger partial charge in [-0.3, -0.25) is 0 Å². The molecule has 2 aromatic carbocycles. The molecular formula is C17H15ClN2O2. The van der Waals surface area contributed by atoms with Gasteiger partial charge in [-0.1, -0.05) is 35.9 Å². The van der Waals surface area contributed by atoms with Crippen LogP contribution in [0.2, 0.25) is 5.02 Å². The largest absolute Gasteiger partial charge is 0.480 e. The van der Waals surface area contributed by atoms with E-state index in [2.05, 4.69) is 4.98 Å². The number of fused-ring (bicyclic) bond motifs is 1. The molecule has 0 atom stereocenters. The SMILES string of the molecule is CC(C)(C(=O)O)n1c(-c2ccccc2Cl)nc2ccccc21. The van der Waals surface area contributed by atoms with E-state index in [0.29, 0.717) is 10.8 Å². The van der Waals surface area contributed by atoms with Crippen molar-refractivity contribution in [2.24, 2.45) is 0 Å². The third kappa shape index (κ3) is 2.16. The average molecular weight is 315 g/mol. The molecule has 5 heteroatoms. The molecule has 0 aliphatic rings. The lowest BCUT2D eigenvalue weighted by molar-refractivity contribution is -0.145. The molecule has 0 aliphatic heterocycles. The first kappa shape index (κ1) is 14.6. The molecule has 0 fully saturated rings. The van der Waals surface area contributed by atoms with Crippen molar-refractivity contribution in [3.05, 3.63) is 53.6 Å². The van der Waals surface area contributed by atoms with E-state index in [1.54, 1.807) is 24.5 Å². The van der Waals surface area contributed by atoms with E-state index in [1.165, 1.54) is 0 Å². The summed E-state index contributed by atoms with van der Waals surface area (Å²) >= 11 is 6.29. The number of imidazole rings is 1. The summed E-state index contributed by atoms with van der Waals surface area (Å²) in [4.78, 5) is 16.4. The van der Waals surface area contributed by atoms with Crippen LogP contribution in [0.1, 0.15) is 13.8 Å². The molecule has 22 heavy (non-hydrogen) atoms. The van der Waals surface area contributed by atoms with Crippen LogP contribution in [0.15, 0.2) is 48.5 Å². The first-order valence-corrected chi connectivity index (χ1v) is 7.27. The number of carboxylic acid groups (broad SMARTS) is 1. The lowest BCUT2D eigenvalue weighted by Crippen LogP contribution is -2.36. The van der Waals surface area contributed by atoms with Crippen molar-refractivity contribution in [3.63, 3.8) is 0 Å². The lowest BCUT2D eigenvalue weighted by Gasteiger charge is -2.25. The maximum atomic E-state index is 11.8. The van der Waals surface area contributed by atoms with Crippen LogP contribution >= 0.6 is 11.6 Å². The number of carbonyl (C=O) groups is 1. The minimum Gasteiger partial charge on any atom is -0.480 e. The van der Waals surface area contributed by atoms with Gasteiger partial charge in [0.25, 0.3) is 0 Å². The van der Waals surface area contributed by atoms with E-state index in [-0.39, 0.29) is 0 Å². The highest BCUT2D eigenvalue weighted by Crippen LogP contribution is 2.34. The highest BCUT2D eigenvalue weighted by atomic mass is 35.5. The molecule has 1 aromatic heterocycles. The molecule has 3 aromatic rings. The van der Waals surface area contributed by atoms with Gasteiger partial charge in [-0.2, -0.15) is 0 Å². The topological polar surface area (TPSA) is 55.1 Å². The van der Waals surface area contributed by atoms with Gasteiger partial charge >= 0.3 is 5.97 Å². The summed E-state index contributed by atoms with van der Waals surface area (Å²) in [5.74, 6) is -0.372. The Morgan fingerprint density at radius 3 is 2.45 bits per heavy atom. The molecule has 4 nitrogen and oxygen atoms in total. The van der Waals surface area contributed by atoms with E-state index in [9.17, 15) is 9.90 Å². The van der Waals surface area contributed by atoms with Crippen molar-refractivity contribution in [1.82, 2.24) is 9.55 Å². The summed E-state index contributed by atoms with van der Waals surface area (Å²) in [6.45, 7) is 3.31. The number of carboxylic acids is 1. The number of para-hydroxylation sites is 2. The van der Waals surface area contributed by atoms with Crippen molar-refractivity contribution < 1.29 is 9.90 Å². The summed E-state index contributed by atoms with van der Waals surface area (Å²) in [5.41, 5.74) is 1.08. The highest BCUT2D eigenvalue weighted by molar-refractivity contribution is 6.33. The molecule has 0 bridgehead atoms. The van der Waals surface area contributed by atoms with E-state index < -0.39 is 11.5 Å². The van der Waals surface area contributed by atoms with Gasteiger partial charge < -0.3 is 9.67 Å². The zero-order valence-electron chi connectivity index (χ0n) is 12.2. The van der Waals surface area contributed by atoms with Gasteiger partial charge in [-0.05, 0) is 38.1 Å². The first-order valence-electron chi connectivity index (χ1n) is 6.89. The predicted molar refractivity (Wildman–Crippen MR) is 87.1 cm³/mol. The maximum Gasteiger partial charge on any atom is 0.329 e. The van der Waals surface area contributed by atoms with Crippen LogP contribution in [0.3, 0.4) is 0 Å². The molecule has 0 amide bonds. The Balaban J connectivity index is 2.41. The van der Waals surface area contributed by atoms with Gasteiger partial charge in [-0.15, -0.1) is 0 Å². The quantitative estimate of drug-likeness (QED) is 0.789. The molecule has 0 aliphatic carbocycles. The molecule has 1 heterocycles. The minimum atomic E-state index is -1.15. The number of benzene rings is 2. The van der Waals surface area contributed by atoms with Gasteiger partial charge in [0.1, 0.15) is 11.4 Å². The van der Waals surface area contributed by atoms with Crippen molar-refractivity contribution in [3.8, 4) is 11.4 Å². The minimum absolute atomic E-state index is 0.542. The number of rotatable bonds is 3. The average Bonchev–Trinajstić information content (AvgIpc) is 2.87. The summed E-state index contributed by atoms with van der Waals surface area (Å²) in [6.07, 6.45) is 0. The normalized spacial score (nSPS) is 11.8. The molecule has 3 rings (SSSR count). The third-order valence-corrected chi connectivity index (χ3v) is 4.09. The molecule has 0 radical (unpaired) electrons.